The lowest BCUT2D eigenvalue weighted by atomic mass is 10.00. The van der Waals surface area contributed by atoms with Gasteiger partial charge < -0.3 is 10.2 Å². The number of nitrogens with one attached hydrogen (secondary N) is 1. The fourth-order valence-electron chi connectivity index (χ4n) is 4.33. The van der Waals surface area contributed by atoms with Crippen molar-refractivity contribution in [2.24, 2.45) is 0 Å². The Balaban J connectivity index is 1.80. The van der Waals surface area contributed by atoms with E-state index in [4.69, 9.17) is 0 Å². The van der Waals surface area contributed by atoms with Crippen molar-refractivity contribution in [2.75, 3.05) is 6.54 Å². The van der Waals surface area contributed by atoms with Crippen LogP contribution in [0.15, 0.2) is 66.7 Å². The number of rotatable bonds is 11. The first-order valence-corrected chi connectivity index (χ1v) is 12.1. The van der Waals surface area contributed by atoms with Crippen LogP contribution in [-0.2, 0) is 22.6 Å². The highest BCUT2D eigenvalue weighted by molar-refractivity contribution is 5.89. The molecule has 0 saturated heterocycles. The highest BCUT2D eigenvalue weighted by atomic mass is 16.2. The average Bonchev–Trinajstić information content (AvgIpc) is 2.82. The van der Waals surface area contributed by atoms with Gasteiger partial charge in [-0.25, -0.2) is 0 Å². The number of hydrogen-bond acceptors (Lipinski definition) is 2. The Morgan fingerprint density at radius 1 is 0.970 bits per heavy atom. The largest absolute Gasteiger partial charge is 0.354 e. The summed E-state index contributed by atoms with van der Waals surface area (Å²) in [5, 5.41) is 5.40. The van der Waals surface area contributed by atoms with Crippen LogP contribution in [0.5, 0.6) is 0 Å². The minimum Gasteiger partial charge on any atom is -0.354 e. The predicted molar refractivity (Wildman–Crippen MR) is 136 cm³/mol. The van der Waals surface area contributed by atoms with E-state index < -0.39 is 6.04 Å². The van der Waals surface area contributed by atoms with E-state index in [1.807, 2.05) is 50.2 Å². The molecule has 0 aliphatic heterocycles. The molecule has 0 fully saturated rings. The van der Waals surface area contributed by atoms with Gasteiger partial charge in [0.05, 0.1) is 0 Å². The van der Waals surface area contributed by atoms with E-state index in [0.717, 1.165) is 29.5 Å². The van der Waals surface area contributed by atoms with E-state index in [1.54, 1.807) is 4.90 Å². The Hall–Kier alpha value is -3.14. The smallest absolute Gasteiger partial charge is 0.242 e. The van der Waals surface area contributed by atoms with Gasteiger partial charge in [0, 0.05) is 19.5 Å². The minimum atomic E-state index is -0.470. The number of carbonyl (C=O) groups excluding carboxylic acids is 2. The SMILES string of the molecule is CCCCNC(=O)[C@H](CC)N(Cc1cccc(C)c1)C(=O)CCc1cccc2ccccc12. The normalized spacial score (nSPS) is 11.8. The molecule has 0 unspecified atom stereocenters. The molecule has 0 radical (unpaired) electrons. The van der Waals surface area contributed by atoms with Crippen molar-refractivity contribution in [3.05, 3.63) is 83.4 Å². The van der Waals surface area contributed by atoms with Gasteiger partial charge in [-0.2, -0.15) is 0 Å². The molecule has 2 amide bonds. The standard InChI is InChI=1S/C29H36N2O2/c1-4-6-19-30-29(33)27(5-2)31(21-23-12-9-11-22(3)20-23)28(32)18-17-25-15-10-14-24-13-7-8-16-26(24)25/h7-16,20,27H,4-6,17-19,21H2,1-3H3,(H,30,33)/t27-/m0/s1. The lowest BCUT2D eigenvalue weighted by Crippen LogP contribution is -2.49. The molecular formula is C29H36N2O2. The molecule has 33 heavy (non-hydrogen) atoms. The molecule has 3 rings (SSSR count). The molecule has 0 spiro atoms. The Labute approximate surface area is 198 Å². The quantitative estimate of drug-likeness (QED) is 0.380. The van der Waals surface area contributed by atoms with Gasteiger partial charge in [-0.3, -0.25) is 9.59 Å². The van der Waals surface area contributed by atoms with Crippen molar-refractivity contribution >= 4 is 22.6 Å². The van der Waals surface area contributed by atoms with Crippen LogP contribution in [0.25, 0.3) is 10.8 Å². The molecule has 1 atom stereocenters. The molecule has 174 valence electrons. The van der Waals surface area contributed by atoms with Gasteiger partial charge in [0.2, 0.25) is 11.8 Å². The summed E-state index contributed by atoms with van der Waals surface area (Å²) in [5.74, 6) is -0.0426. The molecule has 0 aliphatic rings. The second kappa shape index (κ2) is 12.2. The number of hydrogen-bond donors (Lipinski definition) is 1. The highest BCUT2D eigenvalue weighted by Crippen LogP contribution is 2.21. The van der Waals surface area contributed by atoms with Crippen LogP contribution in [0, 0.1) is 6.92 Å². The van der Waals surface area contributed by atoms with Crippen LogP contribution in [0.4, 0.5) is 0 Å². The van der Waals surface area contributed by atoms with Crippen molar-refractivity contribution in [1.29, 1.82) is 0 Å². The maximum absolute atomic E-state index is 13.5. The second-order valence-electron chi connectivity index (χ2n) is 8.72. The zero-order chi connectivity index (χ0) is 23.6. The summed E-state index contributed by atoms with van der Waals surface area (Å²) >= 11 is 0. The summed E-state index contributed by atoms with van der Waals surface area (Å²) in [6.07, 6.45) is 3.57. The van der Waals surface area contributed by atoms with Crippen LogP contribution < -0.4 is 5.32 Å². The number of carbonyl (C=O) groups is 2. The molecular weight excluding hydrogens is 408 g/mol. The summed E-state index contributed by atoms with van der Waals surface area (Å²) < 4.78 is 0. The molecule has 3 aromatic rings. The van der Waals surface area contributed by atoms with Crippen LogP contribution in [0.3, 0.4) is 0 Å². The number of nitrogens with zero attached hydrogens (tertiary/aromatic N) is 1. The van der Waals surface area contributed by atoms with Crippen molar-refractivity contribution in [3.8, 4) is 0 Å². The number of benzene rings is 3. The highest BCUT2D eigenvalue weighted by Gasteiger charge is 2.28. The van der Waals surface area contributed by atoms with Crippen LogP contribution >= 0.6 is 0 Å². The van der Waals surface area contributed by atoms with E-state index >= 15 is 0 Å². The number of fused-ring (bicyclic) bond motifs is 1. The van der Waals surface area contributed by atoms with Gasteiger partial charge in [0.15, 0.2) is 0 Å². The molecule has 4 nitrogen and oxygen atoms in total. The minimum absolute atomic E-state index is 0.0157. The first kappa shape index (κ1) is 24.5. The molecule has 4 heteroatoms. The van der Waals surface area contributed by atoms with Crippen molar-refractivity contribution in [3.63, 3.8) is 0 Å². The lowest BCUT2D eigenvalue weighted by molar-refractivity contribution is -0.141. The van der Waals surface area contributed by atoms with E-state index in [0.29, 0.717) is 32.4 Å². The van der Waals surface area contributed by atoms with Crippen LogP contribution in [-0.4, -0.2) is 29.3 Å². The van der Waals surface area contributed by atoms with Crippen LogP contribution in [0.2, 0.25) is 0 Å². The molecule has 0 heterocycles. The predicted octanol–water partition coefficient (Wildman–Crippen LogP) is 5.80. The van der Waals surface area contributed by atoms with Crippen molar-refractivity contribution in [1.82, 2.24) is 10.2 Å². The zero-order valence-electron chi connectivity index (χ0n) is 20.1. The third-order valence-corrected chi connectivity index (χ3v) is 6.14. The van der Waals surface area contributed by atoms with Gasteiger partial charge in [-0.1, -0.05) is 92.6 Å². The molecule has 0 aliphatic carbocycles. The van der Waals surface area contributed by atoms with E-state index in [2.05, 4.69) is 42.6 Å². The van der Waals surface area contributed by atoms with Gasteiger partial charge >= 0.3 is 0 Å². The van der Waals surface area contributed by atoms with E-state index in [9.17, 15) is 9.59 Å². The fourth-order valence-corrected chi connectivity index (χ4v) is 4.33. The monoisotopic (exact) mass is 444 g/mol. The lowest BCUT2D eigenvalue weighted by Gasteiger charge is -2.31. The third-order valence-electron chi connectivity index (χ3n) is 6.14. The second-order valence-corrected chi connectivity index (χ2v) is 8.72. The number of aryl methyl sites for hydroxylation is 2. The Kier molecular flexibility index (Phi) is 9.05. The maximum Gasteiger partial charge on any atom is 0.242 e. The number of amides is 2. The molecule has 3 aromatic carbocycles. The summed E-state index contributed by atoms with van der Waals surface area (Å²) in [6, 6.07) is 22.2. The fraction of sp³-hybridized carbons (Fsp3) is 0.379. The topological polar surface area (TPSA) is 49.4 Å². The molecule has 0 bridgehead atoms. The summed E-state index contributed by atoms with van der Waals surface area (Å²) in [6.45, 7) is 7.21. The third kappa shape index (κ3) is 6.67. The van der Waals surface area contributed by atoms with Gasteiger partial charge in [0.1, 0.15) is 6.04 Å². The zero-order valence-corrected chi connectivity index (χ0v) is 20.1. The summed E-state index contributed by atoms with van der Waals surface area (Å²) in [7, 11) is 0. The van der Waals surface area contributed by atoms with Crippen molar-refractivity contribution in [2.45, 2.75) is 65.5 Å². The number of unbranched alkanes of at least 4 members (excludes halogenated alkanes) is 1. The molecule has 1 N–H and O–H groups in total. The Morgan fingerprint density at radius 2 is 1.73 bits per heavy atom. The Morgan fingerprint density at radius 3 is 2.48 bits per heavy atom. The Bertz CT molecular complexity index is 1070. The summed E-state index contributed by atoms with van der Waals surface area (Å²) in [5.41, 5.74) is 3.36. The average molecular weight is 445 g/mol. The van der Waals surface area contributed by atoms with Gasteiger partial charge in [-0.15, -0.1) is 0 Å². The van der Waals surface area contributed by atoms with E-state index in [1.165, 1.54) is 10.8 Å². The van der Waals surface area contributed by atoms with Gasteiger partial charge in [-0.05, 0) is 48.1 Å². The van der Waals surface area contributed by atoms with Gasteiger partial charge in [0.25, 0.3) is 0 Å². The first-order valence-electron chi connectivity index (χ1n) is 12.1. The summed E-state index contributed by atoms with van der Waals surface area (Å²) in [4.78, 5) is 28.3. The first-order chi connectivity index (χ1) is 16.0. The van der Waals surface area contributed by atoms with Crippen molar-refractivity contribution < 1.29 is 9.59 Å². The molecule has 0 aromatic heterocycles. The molecule has 0 saturated carbocycles. The maximum atomic E-state index is 13.5. The van der Waals surface area contributed by atoms with E-state index in [-0.39, 0.29) is 11.8 Å². The van der Waals surface area contributed by atoms with Crippen LogP contribution in [0.1, 0.15) is 56.2 Å².